The molecule has 2 aliphatic rings. The van der Waals surface area contributed by atoms with Gasteiger partial charge in [0.05, 0.1) is 29.1 Å². The number of carbonyl (C=O) groups is 1. The molecular formula is C25H30N4O5S. The molecule has 3 heterocycles. The lowest BCUT2D eigenvalue weighted by molar-refractivity contribution is -0.121. The van der Waals surface area contributed by atoms with Crippen molar-refractivity contribution in [3.05, 3.63) is 42.5 Å². The van der Waals surface area contributed by atoms with E-state index in [0.717, 1.165) is 30.4 Å². The van der Waals surface area contributed by atoms with E-state index >= 15 is 0 Å². The SMILES string of the molecule is CCCn1c(NC(=O)C2CCN(S(=O)(=O)c3ccc4c(c3)OCCCO4)CC2)nc2ccccc21. The number of hydrogen-bond acceptors (Lipinski definition) is 6. The van der Waals surface area contributed by atoms with Crippen LogP contribution in [0.3, 0.4) is 0 Å². The molecule has 0 saturated carbocycles. The van der Waals surface area contributed by atoms with Crippen molar-refractivity contribution < 1.29 is 22.7 Å². The van der Waals surface area contributed by atoms with Gasteiger partial charge in [0.2, 0.25) is 21.9 Å². The van der Waals surface area contributed by atoms with Crippen LogP contribution in [0, 0.1) is 5.92 Å². The lowest BCUT2D eigenvalue weighted by Crippen LogP contribution is -2.41. The summed E-state index contributed by atoms with van der Waals surface area (Å²) in [6.45, 7) is 4.43. The summed E-state index contributed by atoms with van der Waals surface area (Å²) in [6.07, 6.45) is 2.56. The van der Waals surface area contributed by atoms with Crippen LogP contribution in [0.5, 0.6) is 11.5 Å². The van der Waals surface area contributed by atoms with Crippen LogP contribution in [0.15, 0.2) is 47.4 Å². The third-order valence-electron chi connectivity index (χ3n) is 6.52. The van der Waals surface area contributed by atoms with Gasteiger partial charge in [-0.2, -0.15) is 4.31 Å². The molecule has 0 radical (unpaired) electrons. The van der Waals surface area contributed by atoms with Crippen molar-refractivity contribution in [2.45, 2.75) is 44.0 Å². The quantitative estimate of drug-likeness (QED) is 0.557. The van der Waals surface area contributed by atoms with Gasteiger partial charge in [-0.3, -0.25) is 10.1 Å². The average Bonchev–Trinajstić information content (AvgIpc) is 3.04. The zero-order chi connectivity index (χ0) is 24.4. The van der Waals surface area contributed by atoms with Crippen molar-refractivity contribution in [2.75, 3.05) is 31.6 Å². The molecule has 186 valence electrons. The maximum atomic E-state index is 13.3. The number of piperidine rings is 1. The Hall–Kier alpha value is -3.11. The number of anilines is 1. The number of aryl methyl sites for hydroxylation is 1. The summed E-state index contributed by atoms with van der Waals surface area (Å²) >= 11 is 0. The van der Waals surface area contributed by atoms with Crippen LogP contribution in [0.2, 0.25) is 0 Å². The number of para-hydroxylation sites is 2. The number of nitrogens with one attached hydrogen (secondary N) is 1. The summed E-state index contributed by atoms with van der Waals surface area (Å²) in [5.41, 5.74) is 1.83. The van der Waals surface area contributed by atoms with Gasteiger partial charge < -0.3 is 14.0 Å². The van der Waals surface area contributed by atoms with E-state index in [1.54, 1.807) is 12.1 Å². The zero-order valence-electron chi connectivity index (χ0n) is 19.8. The van der Waals surface area contributed by atoms with E-state index in [1.165, 1.54) is 10.4 Å². The van der Waals surface area contributed by atoms with Crippen molar-refractivity contribution in [3.8, 4) is 11.5 Å². The summed E-state index contributed by atoms with van der Waals surface area (Å²) in [6, 6.07) is 12.6. The number of fused-ring (bicyclic) bond motifs is 2. The van der Waals surface area contributed by atoms with Crippen molar-refractivity contribution in [3.63, 3.8) is 0 Å². The second-order valence-electron chi connectivity index (χ2n) is 8.90. The van der Waals surface area contributed by atoms with Crippen molar-refractivity contribution in [1.29, 1.82) is 0 Å². The molecule has 1 amide bonds. The summed E-state index contributed by atoms with van der Waals surface area (Å²) in [4.78, 5) is 17.8. The van der Waals surface area contributed by atoms with Gasteiger partial charge in [-0.15, -0.1) is 0 Å². The fourth-order valence-electron chi connectivity index (χ4n) is 4.64. The van der Waals surface area contributed by atoms with Crippen LogP contribution in [-0.4, -0.2) is 54.5 Å². The molecule has 1 N–H and O–H groups in total. The lowest BCUT2D eigenvalue weighted by Gasteiger charge is -2.30. The molecule has 3 aromatic rings. The van der Waals surface area contributed by atoms with Gasteiger partial charge in [0.25, 0.3) is 0 Å². The van der Waals surface area contributed by atoms with Crippen molar-refractivity contribution in [1.82, 2.24) is 13.9 Å². The minimum absolute atomic E-state index is 0.120. The smallest absolute Gasteiger partial charge is 0.243 e. The number of rotatable bonds is 6. The third kappa shape index (κ3) is 4.72. The maximum absolute atomic E-state index is 13.3. The van der Waals surface area contributed by atoms with E-state index in [1.807, 2.05) is 28.8 Å². The van der Waals surface area contributed by atoms with Crippen LogP contribution in [0.4, 0.5) is 5.95 Å². The summed E-state index contributed by atoms with van der Waals surface area (Å²) in [5, 5.41) is 2.99. The molecule has 0 spiro atoms. The van der Waals surface area contributed by atoms with Crippen molar-refractivity contribution in [2.24, 2.45) is 5.92 Å². The van der Waals surface area contributed by atoms with Gasteiger partial charge in [-0.25, -0.2) is 13.4 Å². The molecule has 2 aliphatic heterocycles. The van der Waals surface area contributed by atoms with E-state index in [-0.39, 0.29) is 29.8 Å². The molecular weight excluding hydrogens is 468 g/mol. The van der Waals surface area contributed by atoms with Gasteiger partial charge in [0, 0.05) is 38.0 Å². The van der Waals surface area contributed by atoms with E-state index < -0.39 is 10.0 Å². The first-order valence-corrected chi connectivity index (χ1v) is 13.6. The average molecular weight is 499 g/mol. The standard InChI is InChI=1S/C25H30N4O5S/c1-2-12-29-21-7-4-3-6-20(21)26-25(29)27-24(30)18-10-13-28(14-11-18)35(31,32)19-8-9-22-23(17-19)34-16-5-15-33-22/h3-4,6-9,17-18H,2,5,10-16H2,1H3,(H,26,27,30). The van der Waals surface area contributed by atoms with Crippen LogP contribution in [-0.2, 0) is 21.4 Å². The minimum Gasteiger partial charge on any atom is -0.490 e. The summed E-state index contributed by atoms with van der Waals surface area (Å²) < 4.78 is 41.3. The van der Waals surface area contributed by atoms with Crippen LogP contribution in [0.25, 0.3) is 11.0 Å². The fourth-order valence-corrected chi connectivity index (χ4v) is 6.13. The Bertz CT molecular complexity index is 1330. The first-order valence-electron chi connectivity index (χ1n) is 12.1. The Morgan fingerprint density at radius 3 is 2.60 bits per heavy atom. The predicted octanol–water partition coefficient (Wildman–Crippen LogP) is 3.65. The molecule has 0 aliphatic carbocycles. The Kier molecular flexibility index (Phi) is 6.66. The number of sulfonamides is 1. The number of hydrogen-bond donors (Lipinski definition) is 1. The third-order valence-corrected chi connectivity index (χ3v) is 8.41. The highest BCUT2D eigenvalue weighted by Crippen LogP contribution is 2.34. The van der Waals surface area contributed by atoms with Gasteiger partial charge in [0.1, 0.15) is 0 Å². The molecule has 1 fully saturated rings. The second-order valence-corrected chi connectivity index (χ2v) is 10.8. The number of nitrogens with zero attached hydrogens (tertiary/aromatic N) is 3. The largest absolute Gasteiger partial charge is 0.490 e. The van der Waals surface area contributed by atoms with E-state index in [4.69, 9.17) is 9.47 Å². The predicted molar refractivity (Wildman–Crippen MR) is 132 cm³/mol. The topological polar surface area (TPSA) is 103 Å². The molecule has 5 rings (SSSR count). The fraction of sp³-hybridized carbons (Fsp3) is 0.440. The highest BCUT2D eigenvalue weighted by molar-refractivity contribution is 7.89. The first kappa shape index (κ1) is 23.6. The highest BCUT2D eigenvalue weighted by atomic mass is 32.2. The Morgan fingerprint density at radius 1 is 1.09 bits per heavy atom. The molecule has 2 aromatic carbocycles. The normalized spacial score (nSPS) is 17.3. The molecule has 1 aromatic heterocycles. The Morgan fingerprint density at radius 2 is 1.83 bits per heavy atom. The van der Waals surface area contributed by atoms with Gasteiger partial charge in [0.15, 0.2) is 11.5 Å². The summed E-state index contributed by atoms with van der Waals surface area (Å²) in [7, 11) is -3.70. The Labute approximate surface area is 205 Å². The molecule has 35 heavy (non-hydrogen) atoms. The van der Waals surface area contributed by atoms with Gasteiger partial charge in [-0.05, 0) is 43.5 Å². The van der Waals surface area contributed by atoms with Gasteiger partial charge in [-0.1, -0.05) is 19.1 Å². The molecule has 9 nitrogen and oxygen atoms in total. The molecule has 0 bridgehead atoms. The van der Waals surface area contributed by atoms with Crippen LogP contribution >= 0.6 is 0 Å². The number of carbonyl (C=O) groups excluding carboxylic acids is 1. The second kappa shape index (κ2) is 9.87. The van der Waals surface area contributed by atoms with E-state index in [9.17, 15) is 13.2 Å². The van der Waals surface area contributed by atoms with Crippen LogP contribution in [0.1, 0.15) is 32.6 Å². The molecule has 0 unspecified atom stereocenters. The first-order chi connectivity index (χ1) is 17.0. The number of benzene rings is 2. The monoisotopic (exact) mass is 498 g/mol. The summed E-state index contributed by atoms with van der Waals surface area (Å²) in [5.74, 6) is 1.16. The highest BCUT2D eigenvalue weighted by Gasteiger charge is 2.33. The Balaban J connectivity index is 1.26. The lowest BCUT2D eigenvalue weighted by atomic mass is 9.97. The number of aromatic nitrogens is 2. The maximum Gasteiger partial charge on any atom is 0.243 e. The molecule has 10 heteroatoms. The molecule has 1 saturated heterocycles. The molecule has 0 atom stereocenters. The van der Waals surface area contributed by atoms with Crippen molar-refractivity contribution >= 4 is 32.9 Å². The van der Waals surface area contributed by atoms with E-state index in [0.29, 0.717) is 43.5 Å². The minimum atomic E-state index is -3.70. The van der Waals surface area contributed by atoms with Gasteiger partial charge >= 0.3 is 0 Å². The number of ether oxygens (including phenoxy) is 2. The number of imidazole rings is 1. The van der Waals surface area contributed by atoms with Crippen LogP contribution < -0.4 is 14.8 Å². The zero-order valence-corrected chi connectivity index (χ0v) is 20.6. The van der Waals surface area contributed by atoms with E-state index in [2.05, 4.69) is 17.2 Å². The number of amides is 1.